The minimum absolute atomic E-state index is 0.0774. The van der Waals surface area contributed by atoms with Gasteiger partial charge in [0.2, 0.25) is 10.0 Å². The van der Waals surface area contributed by atoms with Crippen LogP contribution in [0.2, 0.25) is 0 Å². The smallest absolute Gasteiger partial charge is 0.243 e. The van der Waals surface area contributed by atoms with E-state index in [0.717, 1.165) is 17.7 Å². The van der Waals surface area contributed by atoms with Crippen molar-refractivity contribution in [2.45, 2.75) is 18.4 Å². The van der Waals surface area contributed by atoms with Gasteiger partial charge < -0.3 is 5.73 Å². The quantitative estimate of drug-likeness (QED) is 0.857. The van der Waals surface area contributed by atoms with Crippen LogP contribution in [0.5, 0.6) is 0 Å². The summed E-state index contributed by atoms with van der Waals surface area (Å²) in [5.74, 6) is -0.673. The van der Waals surface area contributed by atoms with Crippen LogP contribution < -0.4 is 5.73 Å². The third-order valence-corrected chi connectivity index (χ3v) is 4.89. The Morgan fingerprint density at radius 1 is 1.24 bits per heavy atom. The molecule has 2 N–H and O–H groups in total. The molecule has 2 aromatic rings. The van der Waals surface area contributed by atoms with Crippen LogP contribution in [0.1, 0.15) is 12.5 Å². The molecule has 1 aromatic carbocycles. The number of hydrogen-bond acceptors (Lipinski definition) is 4. The van der Waals surface area contributed by atoms with Crippen molar-refractivity contribution in [1.82, 2.24) is 9.29 Å². The molecule has 1 aromatic heterocycles. The Bertz CT molecular complexity index is 700. The first kappa shape index (κ1) is 15.4. The van der Waals surface area contributed by atoms with E-state index in [4.69, 9.17) is 5.73 Å². The minimum Gasteiger partial charge on any atom is -0.399 e. The molecule has 1 heterocycles. The van der Waals surface area contributed by atoms with E-state index in [9.17, 15) is 12.8 Å². The fourth-order valence-corrected chi connectivity index (χ4v) is 3.44. The zero-order valence-electron chi connectivity index (χ0n) is 11.5. The molecule has 0 unspecified atom stereocenters. The van der Waals surface area contributed by atoms with Crippen molar-refractivity contribution in [2.75, 3.05) is 12.3 Å². The van der Waals surface area contributed by atoms with Crippen LogP contribution in [0, 0.1) is 5.82 Å². The largest absolute Gasteiger partial charge is 0.399 e. The van der Waals surface area contributed by atoms with Crippen molar-refractivity contribution in [1.29, 1.82) is 0 Å². The summed E-state index contributed by atoms with van der Waals surface area (Å²) in [6.45, 7) is 2.18. The number of nitrogens with two attached hydrogens (primary N) is 1. The molecule has 0 aliphatic rings. The van der Waals surface area contributed by atoms with Crippen LogP contribution in [0.3, 0.4) is 0 Å². The lowest BCUT2D eigenvalue weighted by Crippen LogP contribution is -2.30. The predicted molar refractivity (Wildman–Crippen MR) is 78.3 cm³/mol. The van der Waals surface area contributed by atoms with Crippen LogP contribution in [0.15, 0.2) is 47.6 Å². The van der Waals surface area contributed by atoms with Gasteiger partial charge in [-0.25, -0.2) is 12.8 Å². The average molecular weight is 309 g/mol. The number of hydrogen-bond donors (Lipinski definition) is 1. The van der Waals surface area contributed by atoms with Gasteiger partial charge >= 0.3 is 0 Å². The maximum absolute atomic E-state index is 13.4. The third-order valence-electron chi connectivity index (χ3n) is 2.99. The van der Waals surface area contributed by atoms with Crippen LogP contribution in [0.25, 0.3) is 0 Å². The molecular weight excluding hydrogens is 293 g/mol. The second-order valence-electron chi connectivity index (χ2n) is 4.51. The molecule has 0 saturated heterocycles. The highest BCUT2D eigenvalue weighted by Gasteiger charge is 2.24. The number of aromatic nitrogens is 1. The van der Waals surface area contributed by atoms with E-state index in [1.807, 2.05) is 0 Å². The van der Waals surface area contributed by atoms with E-state index in [0.29, 0.717) is 0 Å². The first-order valence-electron chi connectivity index (χ1n) is 6.38. The Balaban J connectivity index is 2.35. The van der Waals surface area contributed by atoms with Crippen molar-refractivity contribution in [3.05, 3.63) is 54.1 Å². The van der Waals surface area contributed by atoms with Gasteiger partial charge in [-0.05, 0) is 35.9 Å². The Kier molecular flexibility index (Phi) is 4.54. The zero-order chi connectivity index (χ0) is 15.5. The zero-order valence-corrected chi connectivity index (χ0v) is 12.3. The van der Waals surface area contributed by atoms with E-state index in [-0.39, 0.29) is 23.7 Å². The first-order valence-corrected chi connectivity index (χ1v) is 7.82. The van der Waals surface area contributed by atoms with Gasteiger partial charge in [-0.3, -0.25) is 4.98 Å². The minimum atomic E-state index is -3.80. The maximum Gasteiger partial charge on any atom is 0.243 e. The SMILES string of the molecule is CCN(Cc1ccncc1)S(=O)(=O)c1cc(N)cc(F)c1. The number of halogens is 1. The summed E-state index contributed by atoms with van der Waals surface area (Å²) in [6, 6.07) is 6.78. The van der Waals surface area contributed by atoms with Gasteiger partial charge in [0.05, 0.1) is 4.90 Å². The summed E-state index contributed by atoms with van der Waals surface area (Å²) < 4.78 is 39.8. The Morgan fingerprint density at radius 3 is 2.48 bits per heavy atom. The van der Waals surface area contributed by atoms with Crippen LogP contribution >= 0.6 is 0 Å². The molecule has 112 valence electrons. The highest BCUT2D eigenvalue weighted by atomic mass is 32.2. The molecule has 0 saturated carbocycles. The van der Waals surface area contributed by atoms with E-state index >= 15 is 0 Å². The normalized spacial score (nSPS) is 11.8. The summed E-state index contributed by atoms with van der Waals surface area (Å²) in [6.07, 6.45) is 3.19. The molecule has 5 nitrogen and oxygen atoms in total. The molecule has 0 spiro atoms. The fourth-order valence-electron chi connectivity index (χ4n) is 1.94. The Labute approximate surface area is 123 Å². The van der Waals surface area contributed by atoms with Gasteiger partial charge in [-0.1, -0.05) is 6.92 Å². The number of pyridine rings is 1. The number of benzene rings is 1. The average Bonchev–Trinajstić information content (AvgIpc) is 2.44. The second kappa shape index (κ2) is 6.19. The van der Waals surface area contributed by atoms with E-state index in [1.54, 1.807) is 31.5 Å². The third kappa shape index (κ3) is 3.56. The first-order chi connectivity index (χ1) is 9.93. The molecule has 0 atom stereocenters. The molecule has 7 heteroatoms. The lowest BCUT2D eigenvalue weighted by Gasteiger charge is -2.20. The van der Waals surface area contributed by atoms with Crippen molar-refractivity contribution in [3.63, 3.8) is 0 Å². The van der Waals surface area contributed by atoms with Crippen molar-refractivity contribution in [3.8, 4) is 0 Å². The van der Waals surface area contributed by atoms with Crippen molar-refractivity contribution < 1.29 is 12.8 Å². The van der Waals surface area contributed by atoms with Gasteiger partial charge in [0.15, 0.2) is 0 Å². The van der Waals surface area contributed by atoms with E-state index < -0.39 is 15.8 Å². The van der Waals surface area contributed by atoms with Crippen molar-refractivity contribution >= 4 is 15.7 Å². The number of nitrogen functional groups attached to an aromatic ring is 1. The molecule has 0 radical (unpaired) electrons. The number of anilines is 1. The summed E-state index contributed by atoms with van der Waals surface area (Å²) >= 11 is 0. The highest BCUT2D eigenvalue weighted by molar-refractivity contribution is 7.89. The standard InChI is InChI=1S/C14H16FN3O2S/c1-2-18(10-11-3-5-17-6-4-11)21(19,20)14-8-12(15)7-13(16)9-14/h3-9H,2,10,16H2,1H3. The fraction of sp³-hybridized carbons (Fsp3) is 0.214. The lowest BCUT2D eigenvalue weighted by atomic mass is 10.3. The molecule has 0 amide bonds. The van der Waals surface area contributed by atoms with Crippen LogP contribution in [0.4, 0.5) is 10.1 Å². The van der Waals surface area contributed by atoms with Gasteiger partial charge in [0.1, 0.15) is 5.82 Å². The van der Waals surface area contributed by atoms with Gasteiger partial charge in [-0.2, -0.15) is 4.31 Å². The van der Waals surface area contributed by atoms with Crippen LogP contribution in [-0.2, 0) is 16.6 Å². The maximum atomic E-state index is 13.4. The van der Waals surface area contributed by atoms with Crippen LogP contribution in [-0.4, -0.2) is 24.3 Å². The van der Waals surface area contributed by atoms with Gasteiger partial charge in [0.25, 0.3) is 0 Å². The Hall–Kier alpha value is -1.99. The summed E-state index contributed by atoms with van der Waals surface area (Å²) in [5, 5.41) is 0. The van der Waals surface area contributed by atoms with Crippen molar-refractivity contribution in [2.24, 2.45) is 0 Å². The number of nitrogens with zero attached hydrogens (tertiary/aromatic N) is 2. The van der Waals surface area contributed by atoms with Gasteiger partial charge in [-0.15, -0.1) is 0 Å². The number of sulfonamides is 1. The lowest BCUT2D eigenvalue weighted by molar-refractivity contribution is 0.423. The second-order valence-corrected chi connectivity index (χ2v) is 6.44. The predicted octanol–water partition coefficient (Wildman–Crippen LogP) is 2.01. The molecular formula is C14H16FN3O2S. The molecule has 0 fully saturated rings. The molecule has 2 rings (SSSR count). The van der Waals surface area contributed by atoms with E-state index in [1.165, 1.54) is 10.4 Å². The van der Waals surface area contributed by atoms with E-state index in [2.05, 4.69) is 4.98 Å². The monoisotopic (exact) mass is 309 g/mol. The molecule has 21 heavy (non-hydrogen) atoms. The molecule has 0 aliphatic heterocycles. The summed E-state index contributed by atoms with van der Waals surface area (Å²) in [7, 11) is -3.80. The Morgan fingerprint density at radius 2 is 1.90 bits per heavy atom. The molecule has 0 bridgehead atoms. The number of rotatable bonds is 5. The summed E-state index contributed by atoms with van der Waals surface area (Å²) in [5.41, 5.74) is 6.40. The summed E-state index contributed by atoms with van der Waals surface area (Å²) in [4.78, 5) is 3.75. The van der Waals surface area contributed by atoms with Gasteiger partial charge in [0, 0.05) is 31.2 Å². The topological polar surface area (TPSA) is 76.3 Å². The molecule has 0 aliphatic carbocycles. The highest BCUT2D eigenvalue weighted by Crippen LogP contribution is 2.21.